The minimum atomic E-state index is -0.125. The summed E-state index contributed by atoms with van der Waals surface area (Å²) in [6, 6.07) is 3.65. The molecule has 1 aliphatic heterocycles. The zero-order valence-electron chi connectivity index (χ0n) is 12.4. The van der Waals surface area contributed by atoms with Crippen molar-refractivity contribution in [3.05, 3.63) is 12.1 Å². The number of amides is 1. The maximum absolute atomic E-state index is 11.4. The van der Waals surface area contributed by atoms with Crippen LogP contribution in [0.4, 0.5) is 17.1 Å². The summed E-state index contributed by atoms with van der Waals surface area (Å²) in [7, 11) is 0. The van der Waals surface area contributed by atoms with Crippen molar-refractivity contribution < 1.29 is 9.53 Å². The molecule has 3 rings (SSSR count). The van der Waals surface area contributed by atoms with Gasteiger partial charge in [-0.3, -0.25) is 4.79 Å². The normalized spacial score (nSPS) is 24.7. The van der Waals surface area contributed by atoms with Gasteiger partial charge in [0.15, 0.2) is 6.61 Å². The van der Waals surface area contributed by atoms with Gasteiger partial charge in [0, 0.05) is 12.6 Å². The molecular weight excluding hydrogens is 266 g/mol. The van der Waals surface area contributed by atoms with Gasteiger partial charge in [0.2, 0.25) is 0 Å². The van der Waals surface area contributed by atoms with Crippen LogP contribution in [0.3, 0.4) is 0 Å². The number of carbonyl (C=O) groups excluding carboxylic acids is 1. The zero-order valence-corrected chi connectivity index (χ0v) is 12.4. The van der Waals surface area contributed by atoms with E-state index in [9.17, 15) is 4.79 Å². The lowest BCUT2D eigenvalue weighted by Gasteiger charge is -2.27. The van der Waals surface area contributed by atoms with E-state index in [4.69, 9.17) is 10.5 Å². The molecule has 5 nitrogen and oxygen atoms in total. The standard InChI is InChI=1S/C16H23N3O2/c1-10-2-4-11(5-3-10)8-18-13-7-14-15(6-12(13)17)21-9-16(20)19-14/h6-7,10-11,18H,2-5,8-9,17H2,1H3,(H,19,20). The van der Waals surface area contributed by atoms with Crippen LogP contribution in [0.15, 0.2) is 12.1 Å². The predicted molar refractivity (Wildman–Crippen MR) is 84.6 cm³/mol. The molecule has 4 N–H and O–H groups in total. The smallest absolute Gasteiger partial charge is 0.262 e. The highest BCUT2D eigenvalue weighted by atomic mass is 16.5. The van der Waals surface area contributed by atoms with Gasteiger partial charge in [-0.1, -0.05) is 19.8 Å². The highest BCUT2D eigenvalue weighted by molar-refractivity contribution is 5.97. The summed E-state index contributed by atoms with van der Waals surface area (Å²) in [5.41, 5.74) is 8.29. The Kier molecular flexibility index (Phi) is 3.90. The molecule has 1 aromatic carbocycles. The Morgan fingerprint density at radius 3 is 2.86 bits per heavy atom. The third-order valence-corrected chi connectivity index (χ3v) is 4.50. The number of hydrogen-bond donors (Lipinski definition) is 3. The quantitative estimate of drug-likeness (QED) is 0.748. The number of nitrogens with two attached hydrogens (primary N) is 1. The number of fused-ring (bicyclic) bond motifs is 1. The molecule has 0 atom stereocenters. The van der Waals surface area contributed by atoms with Crippen LogP contribution in [-0.4, -0.2) is 19.1 Å². The molecule has 0 unspecified atom stereocenters. The molecule has 5 heteroatoms. The third-order valence-electron chi connectivity index (χ3n) is 4.50. The third kappa shape index (κ3) is 3.23. The summed E-state index contributed by atoms with van der Waals surface area (Å²) in [5.74, 6) is 2.09. The van der Waals surface area contributed by atoms with Gasteiger partial charge in [0.05, 0.1) is 17.1 Å². The number of ether oxygens (including phenoxy) is 1. The summed E-state index contributed by atoms with van der Waals surface area (Å²) < 4.78 is 5.36. The lowest BCUT2D eigenvalue weighted by molar-refractivity contribution is -0.118. The van der Waals surface area contributed by atoms with Crippen LogP contribution in [0.5, 0.6) is 5.75 Å². The van der Waals surface area contributed by atoms with Crippen molar-refractivity contribution in [3.8, 4) is 5.75 Å². The molecule has 2 aliphatic rings. The van der Waals surface area contributed by atoms with E-state index in [1.807, 2.05) is 6.07 Å². The lowest BCUT2D eigenvalue weighted by Crippen LogP contribution is -2.26. The molecule has 1 heterocycles. The van der Waals surface area contributed by atoms with Gasteiger partial charge < -0.3 is 21.1 Å². The van der Waals surface area contributed by atoms with Gasteiger partial charge in [-0.25, -0.2) is 0 Å². The Bertz CT molecular complexity index is 537. The second-order valence-electron chi connectivity index (χ2n) is 6.28. The van der Waals surface area contributed by atoms with Crippen LogP contribution in [0.25, 0.3) is 0 Å². The van der Waals surface area contributed by atoms with E-state index in [0.717, 1.165) is 18.2 Å². The van der Waals surface area contributed by atoms with E-state index in [0.29, 0.717) is 23.0 Å². The van der Waals surface area contributed by atoms with E-state index < -0.39 is 0 Å². The molecule has 0 radical (unpaired) electrons. The van der Waals surface area contributed by atoms with Crippen LogP contribution in [-0.2, 0) is 4.79 Å². The van der Waals surface area contributed by atoms with Crippen molar-refractivity contribution in [3.63, 3.8) is 0 Å². The Labute approximate surface area is 125 Å². The van der Waals surface area contributed by atoms with Crippen molar-refractivity contribution >= 4 is 23.0 Å². The molecule has 0 saturated heterocycles. The topological polar surface area (TPSA) is 76.4 Å². The van der Waals surface area contributed by atoms with Crippen LogP contribution < -0.4 is 21.1 Å². The van der Waals surface area contributed by atoms with Gasteiger partial charge in [-0.05, 0) is 30.7 Å². The fourth-order valence-corrected chi connectivity index (χ4v) is 3.08. The van der Waals surface area contributed by atoms with Crippen molar-refractivity contribution in [2.24, 2.45) is 11.8 Å². The lowest BCUT2D eigenvalue weighted by atomic mass is 9.83. The molecule has 21 heavy (non-hydrogen) atoms. The number of hydrogen-bond acceptors (Lipinski definition) is 4. The Morgan fingerprint density at radius 2 is 2.10 bits per heavy atom. The molecule has 0 spiro atoms. The number of anilines is 3. The van der Waals surface area contributed by atoms with Gasteiger partial charge in [0.25, 0.3) is 5.91 Å². The monoisotopic (exact) mass is 289 g/mol. The summed E-state index contributed by atoms with van der Waals surface area (Å²) >= 11 is 0. The number of nitrogen functional groups attached to an aromatic ring is 1. The van der Waals surface area contributed by atoms with Gasteiger partial charge >= 0.3 is 0 Å². The molecule has 0 bridgehead atoms. The van der Waals surface area contributed by atoms with Crippen LogP contribution >= 0.6 is 0 Å². The first-order chi connectivity index (χ1) is 10.1. The first-order valence-corrected chi connectivity index (χ1v) is 7.72. The molecular formula is C16H23N3O2. The first-order valence-electron chi connectivity index (χ1n) is 7.72. The Balaban J connectivity index is 1.65. The highest BCUT2D eigenvalue weighted by Gasteiger charge is 2.20. The van der Waals surface area contributed by atoms with Gasteiger partial charge in [-0.15, -0.1) is 0 Å². The number of nitrogens with one attached hydrogen (secondary N) is 2. The molecule has 1 fully saturated rings. The fraction of sp³-hybridized carbons (Fsp3) is 0.562. The number of benzene rings is 1. The Morgan fingerprint density at radius 1 is 1.33 bits per heavy atom. The SMILES string of the molecule is CC1CCC(CNc2cc3c(cc2N)OCC(=O)N3)CC1. The average molecular weight is 289 g/mol. The molecule has 1 saturated carbocycles. The summed E-state index contributed by atoms with van der Waals surface area (Å²) in [6.07, 6.45) is 5.18. The minimum Gasteiger partial charge on any atom is -0.482 e. The van der Waals surface area contributed by atoms with Crippen LogP contribution in [0, 0.1) is 11.8 Å². The van der Waals surface area contributed by atoms with Crippen molar-refractivity contribution in [1.29, 1.82) is 0 Å². The second-order valence-corrected chi connectivity index (χ2v) is 6.28. The van der Waals surface area contributed by atoms with Gasteiger partial charge in [0.1, 0.15) is 5.75 Å². The molecule has 0 aromatic heterocycles. The fourth-order valence-electron chi connectivity index (χ4n) is 3.08. The van der Waals surface area contributed by atoms with Gasteiger partial charge in [-0.2, -0.15) is 0 Å². The van der Waals surface area contributed by atoms with E-state index in [-0.39, 0.29) is 12.5 Å². The number of carbonyl (C=O) groups is 1. The van der Waals surface area contributed by atoms with E-state index in [1.54, 1.807) is 6.07 Å². The maximum atomic E-state index is 11.4. The molecule has 1 aliphatic carbocycles. The van der Waals surface area contributed by atoms with Crippen molar-refractivity contribution in [1.82, 2.24) is 0 Å². The Hall–Kier alpha value is -1.91. The molecule has 114 valence electrons. The maximum Gasteiger partial charge on any atom is 0.262 e. The zero-order chi connectivity index (χ0) is 14.8. The minimum absolute atomic E-state index is 0.0550. The van der Waals surface area contributed by atoms with Crippen molar-refractivity contribution in [2.45, 2.75) is 32.6 Å². The largest absolute Gasteiger partial charge is 0.482 e. The summed E-state index contributed by atoms with van der Waals surface area (Å²) in [6.45, 7) is 3.32. The summed E-state index contributed by atoms with van der Waals surface area (Å²) in [4.78, 5) is 11.4. The molecule has 1 aromatic rings. The first kappa shape index (κ1) is 14.0. The van der Waals surface area contributed by atoms with Crippen LogP contribution in [0.2, 0.25) is 0 Å². The van der Waals surface area contributed by atoms with E-state index in [2.05, 4.69) is 17.6 Å². The van der Waals surface area contributed by atoms with E-state index >= 15 is 0 Å². The van der Waals surface area contributed by atoms with Crippen LogP contribution in [0.1, 0.15) is 32.6 Å². The highest BCUT2D eigenvalue weighted by Crippen LogP contribution is 2.36. The predicted octanol–water partition coefficient (Wildman–Crippen LogP) is 2.84. The van der Waals surface area contributed by atoms with Crippen molar-refractivity contribution in [2.75, 3.05) is 29.5 Å². The number of rotatable bonds is 3. The van der Waals surface area contributed by atoms with E-state index in [1.165, 1.54) is 25.7 Å². The second kappa shape index (κ2) is 5.84. The molecule has 1 amide bonds. The average Bonchev–Trinajstić information content (AvgIpc) is 2.47. The summed E-state index contributed by atoms with van der Waals surface area (Å²) in [5, 5.41) is 6.24.